The van der Waals surface area contributed by atoms with Gasteiger partial charge in [0.1, 0.15) is 6.33 Å². The first-order chi connectivity index (χ1) is 14.7. The summed E-state index contributed by atoms with van der Waals surface area (Å²) < 4.78 is 0. The Labute approximate surface area is 196 Å². The molecule has 2 aromatic heterocycles. The van der Waals surface area contributed by atoms with Crippen molar-refractivity contribution >= 4 is 10.9 Å². The van der Waals surface area contributed by atoms with E-state index < -0.39 is 0 Å². The topological polar surface area (TPSA) is 38.7 Å². The van der Waals surface area contributed by atoms with E-state index in [9.17, 15) is 0 Å². The number of hydrogen-bond donors (Lipinski definition) is 0. The van der Waals surface area contributed by atoms with E-state index in [4.69, 9.17) is 0 Å². The zero-order valence-electron chi connectivity index (χ0n) is 17.3. The first kappa shape index (κ1) is 22.5. The summed E-state index contributed by atoms with van der Waals surface area (Å²) in [5.41, 5.74) is 7.23. The van der Waals surface area contributed by atoms with Crippen molar-refractivity contribution in [1.82, 2.24) is 15.0 Å². The van der Waals surface area contributed by atoms with Crippen LogP contribution in [-0.2, 0) is 20.1 Å². The SMILES string of the molecule is Cc1cc(-c2[c-]cccc2)nc2ccccc12.Cc1cc(-c2[c-]cccc2)ncn1.[Ir]. The number of rotatable bonds is 2. The van der Waals surface area contributed by atoms with E-state index >= 15 is 0 Å². The normalized spacial score (nSPS) is 10.0. The fourth-order valence-electron chi connectivity index (χ4n) is 3.19. The zero-order valence-corrected chi connectivity index (χ0v) is 19.7. The van der Waals surface area contributed by atoms with Crippen molar-refractivity contribution < 1.29 is 20.1 Å². The standard InChI is InChI=1S/C16H12N.C11H9N2.Ir/c1-12-11-16(13-7-3-2-4-8-13)17-15-10-6-5-9-14(12)15;1-9-7-11(13-8-12-9)10-5-3-2-4-6-10;/h2-7,9-11H,1H3;2-5,7-8H,1H3;/q2*-1;. The molecule has 0 amide bonds. The van der Waals surface area contributed by atoms with Gasteiger partial charge in [-0.1, -0.05) is 30.3 Å². The summed E-state index contributed by atoms with van der Waals surface area (Å²) in [5.74, 6) is 0. The van der Waals surface area contributed by atoms with E-state index in [1.54, 1.807) is 6.33 Å². The molecule has 0 aliphatic carbocycles. The van der Waals surface area contributed by atoms with Crippen molar-refractivity contribution in [2.75, 3.05) is 0 Å². The summed E-state index contributed by atoms with van der Waals surface area (Å²) in [6, 6.07) is 34.4. The van der Waals surface area contributed by atoms with Crippen LogP contribution in [0.15, 0.2) is 91.3 Å². The molecular formula is C27H21IrN3-2. The van der Waals surface area contributed by atoms with Gasteiger partial charge >= 0.3 is 0 Å². The smallest absolute Gasteiger partial charge is 0.105 e. The number of nitrogens with zero attached hydrogens (tertiary/aromatic N) is 3. The van der Waals surface area contributed by atoms with Gasteiger partial charge in [-0.3, -0.25) is 9.97 Å². The van der Waals surface area contributed by atoms with E-state index in [1.165, 1.54) is 10.9 Å². The van der Waals surface area contributed by atoms with Crippen LogP contribution in [-0.4, -0.2) is 15.0 Å². The molecule has 0 aliphatic heterocycles. The molecule has 0 bridgehead atoms. The van der Waals surface area contributed by atoms with E-state index in [1.807, 2.05) is 73.7 Å². The quantitative estimate of drug-likeness (QED) is 0.232. The fourth-order valence-corrected chi connectivity index (χ4v) is 3.19. The number of fused-ring (bicyclic) bond motifs is 1. The Morgan fingerprint density at radius 3 is 1.97 bits per heavy atom. The largest absolute Gasteiger partial charge is 0.296 e. The average Bonchev–Trinajstić information content (AvgIpc) is 2.81. The number of hydrogen-bond acceptors (Lipinski definition) is 3. The third-order valence-electron chi connectivity index (χ3n) is 4.70. The first-order valence-corrected chi connectivity index (χ1v) is 9.80. The van der Waals surface area contributed by atoms with Crippen molar-refractivity contribution in [3.8, 4) is 22.5 Å². The Morgan fingerprint density at radius 1 is 0.677 bits per heavy atom. The number of pyridine rings is 1. The molecule has 155 valence electrons. The maximum absolute atomic E-state index is 4.68. The third kappa shape index (κ3) is 5.69. The van der Waals surface area contributed by atoms with Gasteiger partial charge in [0.25, 0.3) is 0 Å². The molecule has 0 spiro atoms. The predicted molar refractivity (Wildman–Crippen MR) is 122 cm³/mol. The van der Waals surface area contributed by atoms with Crippen LogP contribution in [0, 0.1) is 26.0 Å². The van der Waals surface area contributed by atoms with Crippen molar-refractivity contribution in [2.24, 2.45) is 0 Å². The van der Waals surface area contributed by atoms with Gasteiger partial charge in [-0.15, -0.1) is 71.8 Å². The molecule has 2 heterocycles. The minimum atomic E-state index is 0. The Morgan fingerprint density at radius 2 is 1.32 bits per heavy atom. The van der Waals surface area contributed by atoms with Crippen LogP contribution in [0.25, 0.3) is 33.4 Å². The Balaban J connectivity index is 0.000000176. The van der Waals surface area contributed by atoms with Crippen LogP contribution in [0.2, 0.25) is 0 Å². The molecule has 0 N–H and O–H groups in total. The zero-order chi connectivity index (χ0) is 20.8. The Bertz CT molecular complexity index is 1260. The average molecular weight is 580 g/mol. The van der Waals surface area contributed by atoms with Gasteiger partial charge in [0.2, 0.25) is 0 Å². The monoisotopic (exact) mass is 580 g/mol. The number of aromatic nitrogens is 3. The minimum Gasteiger partial charge on any atom is -0.296 e. The molecule has 5 aromatic rings. The summed E-state index contributed by atoms with van der Waals surface area (Å²) in [6.45, 7) is 4.07. The van der Waals surface area contributed by atoms with E-state index in [-0.39, 0.29) is 20.1 Å². The summed E-state index contributed by atoms with van der Waals surface area (Å²) in [6.07, 6.45) is 1.57. The molecule has 0 aliphatic rings. The van der Waals surface area contributed by atoms with Crippen molar-refractivity contribution in [3.05, 3.63) is 115 Å². The second kappa shape index (κ2) is 10.7. The molecular weight excluding hydrogens is 559 g/mol. The van der Waals surface area contributed by atoms with Gasteiger partial charge in [0.15, 0.2) is 0 Å². The Kier molecular flexibility index (Phi) is 7.77. The van der Waals surface area contributed by atoms with Crippen LogP contribution in [0.5, 0.6) is 0 Å². The van der Waals surface area contributed by atoms with Crippen molar-refractivity contribution in [3.63, 3.8) is 0 Å². The summed E-state index contributed by atoms with van der Waals surface area (Å²) in [4.78, 5) is 12.9. The maximum atomic E-state index is 4.68. The van der Waals surface area contributed by atoms with Crippen LogP contribution >= 0.6 is 0 Å². The number of benzene rings is 3. The van der Waals surface area contributed by atoms with Gasteiger partial charge < -0.3 is 0 Å². The molecule has 0 saturated heterocycles. The van der Waals surface area contributed by atoms with Crippen LogP contribution in [0.1, 0.15) is 11.3 Å². The van der Waals surface area contributed by atoms with Crippen LogP contribution in [0.4, 0.5) is 0 Å². The molecule has 0 unspecified atom stereocenters. The van der Waals surface area contributed by atoms with Crippen LogP contribution in [0.3, 0.4) is 0 Å². The first-order valence-electron chi connectivity index (χ1n) is 9.80. The molecule has 4 heteroatoms. The van der Waals surface area contributed by atoms with Gasteiger partial charge in [-0.2, -0.15) is 0 Å². The van der Waals surface area contributed by atoms with Gasteiger partial charge in [0, 0.05) is 31.2 Å². The van der Waals surface area contributed by atoms with Crippen LogP contribution < -0.4 is 0 Å². The van der Waals surface area contributed by atoms with Crippen molar-refractivity contribution in [1.29, 1.82) is 0 Å². The minimum absolute atomic E-state index is 0. The van der Waals surface area contributed by atoms with E-state index in [0.29, 0.717) is 0 Å². The fraction of sp³-hybridized carbons (Fsp3) is 0.0741. The maximum Gasteiger partial charge on any atom is 0.105 e. The second-order valence-corrected chi connectivity index (χ2v) is 6.94. The molecule has 31 heavy (non-hydrogen) atoms. The van der Waals surface area contributed by atoms with E-state index in [2.05, 4.69) is 52.2 Å². The summed E-state index contributed by atoms with van der Waals surface area (Å²) in [5, 5.41) is 1.21. The molecule has 3 nitrogen and oxygen atoms in total. The summed E-state index contributed by atoms with van der Waals surface area (Å²) in [7, 11) is 0. The summed E-state index contributed by atoms with van der Waals surface area (Å²) >= 11 is 0. The molecule has 0 saturated carbocycles. The van der Waals surface area contributed by atoms with Gasteiger partial charge in [-0.25, -0.2) is 4.98 Å². The molecule has 0 fully saturated rings. The third-order valence-corrected chi connectivity index (χ3v) is 4.70. The number of para-hydroxylation sites is 1. The van der Waals surface area contributed by atoms with Gasteiger partial charge in [-0.05, 0) is 36.9 Å². The Hall–Kier alpha value is -3.20. The second-order valence-electron chi connectivity index (χ2n) is 6.94. The molecule has 1 radical (unpaired) electrons. The van der Waals surface area contributed by atoms with Gasteiger partial charge in [0.05, 0.1) is 5.52 Å². The molecule has 3 aromatic carbocycles. The number of aryl methyl sites for hydroxylation is 2. The molecule has 0 atom stereocenters. The molecule has 5 rings (SSSR count). The van der Waals surface area contributed by atoms with E-state index in [0.717, 1.165) is 33.7 Å². The predicted octanol–water partition coefficient (Wildman–Crippen LogP) is 6.26. The van der Waals surface area contributed by atoms with Crippen molar-refractivity contribution in [2.45, 2.75) is 13.8 Å².